The molecule has 0 aliphatic carbocycles. The van der Waals surface area contributed by atoms with E-state index >= 15 is 0 Å². The lowest BCUT2D eigenvalue weighted by atomic mass is 10.3. The van der Waals surface area contributed by atoms with Crippen molar-refractivity contribution < 1.29 is 4.79 Å². The number of benzene rings is 1. The van der Waals surface area contributed by atoms with Crippen molar-refractivity contribution in [2.45, 2.75) is 6.92 Å². The Bertz CT molecular complexity index is 310. The molecule has 1 amide bonds. The first-order chi connectivity index (χ1) is 7.57. The second kappa shape index (κ2) is 8.49. The standard InChI is InChI=1S/C8H12N2.C4H7NO/c9-6-7-10-8-4-2-1-3-5-8;1-3(2)4(5)6/h1-5,10H,6-7,9H2;1H2,2H3,(H2,5,6). The molecule has 0 radical (unpaired) electrons. The van der Waals surface area contributed by atoms with Crippen LogP contribution >= 0.6 is 0 Å². The van der Waals surface area contributed by atoms with Gasteiger partial charge in [0.15, 0.2) is 0 Å². The van der Waals surface area contributed by atoms with Crippen LogP contribution in [0.2, 0.25) is 0 Å². The highest BCUT2D eigenvalue weighted by Gasteiger charge is 1.86. The Morgan fingerprint density at radius 3 is 2.25 bits per heavy atom. The molecule has 4 heteroatoms. The van der Waals surface area contributed by atoms with Gasteiger partial charge >= 0.3 is 0 Å². The molecule has 1 aromatic carbocycles. The number of hydrogen-bond donors (Lipinski definition) is 3. The molecule has 0 atom stereocenters. The van der Waals surface area contributed by atoms with Gasteiger partial charge in [-0.3, -0.25) is 4.79 Å². The topological polar surface area (TPSA) is 81.1 Å². The number of primary amides is 1. The number of amides is 1. The summed E-state index contributed by atoms with van der Waals surface area (Å²) in [4.78, 5) is 9.82. The van der Waals surface area contributed by atoms with Crippen molar-refractivity contribution in [1.82, 2.24) is 0 Å². The predicted molar refractivity (Wildman–Crippen MR) is 68.0 cm³/mol. The van der Waals surface area contributed by atoms with E-state index in [4.69, 9.17) is 11.5 Å². The zero-order valence-electron chi connectivity index (χ0n) is 9.57. The normalized spacial score (nSPS) is 8.62. The molecule has 16 heavy (non-hydrogen) atoms. The minimum absolute atomic E-state index is 0.398. The van der Waals surface area contributed by atoms with Gasteiger partial charge in [0.05, 0.1) is 0 Å². The third-order valence-corrected chi connectivity index (χ3v) is 1.67. The maximum atomic E-state index is 9.82. The monoisotopic (exact) mass is 221 g/mol. The van der Waals surface area contributed by atoms with E-state index in [1.54, 1.807) is 6.92 Å². The molecule has 88 valence electrons. The maximum absolute atomic E-state index is 9.82. The van der Waals surface area contributed by atoms with E-state index in [-0.39, 0.29) is 0 Å². The number of carbonyl (C=O) groups is 1. The van der Waals surface area contributed by atoms with Gasteiger partial charge in [-0.1, -0.05) is 24.8 Å². The lowest BCUT2D eigenvalue weighted by molar-refractivity contribution is -0.114. The van der Waals surface area contributed by atoms with Gasteiger partial charge in [-0.2, -0.15) is 0 Å². The summed E-state index contributed by atoms with van der Waals surface area (Å²) >= 11 is 0. The summed E-state index contributed by atoms with van der Waals surface area (Å²) in [7, 11) is 0. The second-order valence-corrected chi connectivity index (χ2v) is 3.23. The van der Waals surface area contributed by atoms with E-state index in [9.17, 15) is 4.79 Å². The predicted octanol–water partition coefficient (Wildman–Crippen LogP) is 1.11. The minimum Gasteiger partial charge on any atom is -0.384 e. The number of hydrogen-bond acceptors (Lipinski definition) is 3. The Morgan fingerprint density at radius 2 is 1.88 bits per heavy atom. The van der Waals surface area contributed by atoms with Crippen LogP contribution in [-0.4, -0.2) is 19.0 Å². The van der Waals surface area contributed by atoms with Gasteiger partial charge in [-0.05, 0) is 19.1 Å². The van der Waals surface area contributed by atoms with Crippen molar-refractivity contribution in [3.8, 4) is 0 Å². The summed E-state index contributed by atoms with van der Waals surface area (Å²) < 4.78 is 0. The van der Waals surface area contributed by atoms with Gasteiger partial charge in [-0.15, -0.1) is 0 Å². The van der Waals surface area contributed by atoms with Crippen LogP contribution in [-0.2, 0) is 4.79 Å². The fourth-order valence-electron chi connectivity index (χ4n) is 0.773. The number of nitrogens with two attached hydrogens (primary N) is 2. The number of para-hydroxylation sites is 1. The largest absolute Gasteiger partial charge is 0.384 e. The van der Waals surface area contributed by atoms with Gasteiger partial charge in [0, 0.05) is 24.4 Å². The number of anilines is 1. The highest BCUT2D eigenvalue weighted by atomic mass is 16.1. The number of rotatable bonds is 4. The average molecular weight is 221 g/mol. The molecule has 1 aromatic rings. The molecule has 0 unspecified atom stereocenters. The van der Waals surface area contributed by atoms with Gasteiger partial charge < -0.3 is 16.8 Å². The van der Waals surface area contributed by atoms with Crippen molar-refractivity contribution in [1.29, 1.82) is 0 Å². The second-order valence-electron chi connectivity index (χ2n) is 3.23. The molecule has 0 spiro atoms. The molecular formula is C12H19N3O. The Kier molecular flexibility index (Phi) is 7.53. The van der Waals surface area contributed by atoms with Crippen LogP contribution < -0.4 is 16.8 Å². The molecule has 1 rings (SSSR count). The van der Waals surface area contributed by atoms with Crippen LogP contribution in [0.15, 0.2) is 42.5 Å². The summed E-state index contributed by atoms with van der Waals surface area (Å²) in [5, 5.41) is 3.17. The van der Waals surface area contributed by atoms with E-state index in [0.29, 0.717) is 12.1 Å². The first kappa shape index (κ1) is 14.2. The molecule has 0 aliphatic rings. The SMILES string of the molecule is C=C(C)C(N)=O.NCCNc1ccccc1. The smallest absolute Gasteiger partial charge is 0.243 e. The van der Waals surface area contributed by atoms with Crippen molar-refractivity contribution in [3.63, 3.8) is 0 Å². The van der Waals surface area contributed by atoms with Crippen LogP contribution in [0.1, 0.15) is 6.92 Å². The maximum Gasteiger partial charge on any atom is 0.243 e. The van der Waals surface area contributed by atoms with E-state index in [1.807, 2.05) is 30.3 Å². The van der Waals surface area contributed by atoms with Crippen molar-refractivity contribution in [2.75, 3.05) is 18.4 Å². The molecule has 5 N–H and O–H groups in total. The van der Waals surface area contributed by atoms with E-state index in [1.165, 1.54) is 0 Å². The molecular weight excluding hydrogens is 202 g/mol. The molecule has 0 fully saturated rings. The third kappa shape index (κ3) is 7.58. The summed E-state index contributed by atoms with van der Waals surface area (Å²) in [5.41, 5.74) is 11.5. The summed E-state index contributed by atoms with van der Waals surface area (Å²) in [6.07, 6.45) is 0. The Labute approximate surface area is 96.3 Å². The average Bonchev–Trinajstić information content (AvgIpc) is 2.28. The van der Waals surface area contributed by atoms with Gasteiger partial charge in [0.25, 0.3) is 0 Å². The quantitative estimate of drug-likeness (QED) is 0.666. The summed E-state index contributed by atoms with van der Waals surface area (Å²) in [6.45, 7) is 6.36. The lowest BCUT2D eigenvalue weighted by Gasteiger charge is -2.01. The molecule has 4 nitrogen and oxygen atoms in total. The van der Waals surface area contributed by atoms with Crippen LogP contribution in [0, 0.1) is 0 Å². The van der Waals surface area contributed by atoms with Gasteiger partial charge in [0.1, 0.15) is 0 Å². The molecule has 0 aliphatic heterocycles. The fourth-order valence-corrected chi connectivity index (χ4v) is 0.773. The van der Waals surface area contributed by atoms with E-state index < -0.39 is 5.91 Å². The molecule has 0 aromatic heterocycles. The first-order valence-corrected chi connectivity index (χ1v) is 5.02. The zero-order chi connectivity index (χ0) is 12.4. The van der Waals surface area contributed by atoms with E-state index in [2.05, 4.69) is 11.9 Å². The molecule has 0 bridgehead atoms. The minimum atomic E-state index is -0.435. The van der Waals surface area contributed by atoms with Crippen LogP contribution in [0.25, 0.3) is 0 Å². The Morgan fingerprint density at radius 1 is 1.38 bits per heavy atom. The molecule has 0 saturated carbocycles. The molecule has 0 saturated heterocycles. The van der Waals surface area contributed by atoms with E-state index in [0.717, 1.165) is 12.2 Å². The van der Waals surface area contributed by atoms with Crippen molar-refractivity contribution >= 4 is 11.6 Å². The van der Waals surface area contributed by atoms with Crippen LogP contribution in [0.3, 0.4) is 0 Å². The third-order valence-electron chi connectivity index (χ3n) is 1.67. The van der Waals surface area contributed by atoms with Crippen molar-refractivity contribution in [3.05, 3.63) is 42.5 Å². The van der Waals surface area contributed by atoms with Gasteiger partial charge in [0.2, 0.25) is 5.91 Å². The van der Waals surface area contributed by atoms with Crippen molar-refractivity contribution in [2.24, 2.45) is 11.5 Å². The lowest BCUT2D eigenvalue weighted by Crippen LogP contribution is -2.12. The number of nitrogens with one attached hydrogen (secondary N) is 1. The van der Waals surface area contributed by atoms with Crippen LogP contribution in [0.4, 0.5) is 5.69 Å². The summed E-state index contributed by atoms with van der Waals surface area (Å²) in [5.74, 6) is -0.435. The first-order valence-electron chi connectivity index (χ1n) is 5.02. The van der Waals surface area contributed by atoms with Crippen LogP contribution in [0.5, 0.6) is 0 Å². The Hall–Kier alpha value is -1.81. The molecule has 0 heterocycles. The van der Waals surface area contributed by atoms with Gasteiger partial charge in [-0.25, -0.2) is 0 Å². The number of carbonyl (C=O) groups excluding carboxylic acids is 1. The summed E-state index contributed by atoms with van der Waals surface area (Å²) in [6, 6.07) is 10.0. The highest BCUT2D eigenvalue weighted by molar-refractivity contribution is 5.90. The zero-order valence-corrected chi connectivity index (χ0v) is 9.57. The highest BCUT2D eigenvalue weighted by Crippen LogP contribution is 2.02. The fraction of sp³-hybridized carbons (Fsp3) is 0.250. The Balaban J connectivity index is 0.000000325.